The fourth-order valence-electron chi connectivity index (χ4n) is 2.03. The fourth-order valence-corrected chi connectivity index (χ4v) is 2.03. The number of anilines is 1. The lowest BCUT2D eigenvalue weighted by molar-refractivity contribution is -0.138. The van der Waals surface area contributed by atoms with Crippen LogP contribution in [0.3, 0.4) is 0 Å². The number of rotatable bonds is 5. The molecule has 0 heterocycles. The first-order valence-corrected chi connectivity index (χ1v) is 5.71. The van der Waals surface area contributed by atoms with E-state index in [2.05, 4.69) is 0 Å². The topological polar surface area (TPSA) is 75.8 Å². The Kier molecular flexibility index (Phi) is 4.55. The van der Waals surface area contributed by atoms with Crippen LogP contribution in [0.1, 0.15) is 11.1 Å². The predicted molar refractivity (Wildman–Crippen MR) is 71.3 cm³/mol. The molecule has 0 fully saturated rings. The van der Waals surface area contributed by atoms with E-state index in [1.54, 1.807) is 7.11 Å². The van der Waals surface area contributed by atoms with Crippen LogP contribution in [-0.2, 0) is 4.79 Å². The molecule has 1 rings (SSSR count). The Morgan fingerprint density at radius 3 is 2.61 bits per heavy atom. The van der Waals surface area contributed by atoms with Crippen molar-refractivity contribution in [3.63, 3.8) is 0 Å². The molecule has 0 aliphatic carbocycles. The van der Waals surface area contributed by atoms with Gasteiger partial charge >= 0.3 is 5.97 Å². The van der Waals surface area contributed by atoms with E-state index in [-0.39, 0.29) is 6.54 Å². The van der Waals surface area contributed by atoms with E-state index in [0.29, 0.717) is 0 Å². The van der Waals surface area contributed by atoms with Crippen LogP contribution in [0.25, 0.3) is 0 Å². The van der Waals surface area contributed by atoms with Crippen LogP contribution in [0.4, 0.5) is 5.69 Å². The lowest BCUT2D eigenvalue weighted by Gasteiger charge is -2.25. The molecule has 0 saturated carbocycles. The molecule has 0 bridgehead atoms. The highest BCUT2D eigenvalue weighted by molar-refractivity contribution is 5.75. The molecular weight excluding hydrogens is 232 g/mol. The molecule has 1 atom stereocenters. The second-order valence-corrected chi connectivity index (χ2v) is 4.46. The second kappa shape index (κ2) is 5.73. The molecule has 18 heavy (non-hydrogen) atoms. The molecule has 5 nitrogen and oxygen atoms in total. The minimum absolute atomic E-state index is 0.232. The van der Waals surface area contributed by atoms with Gasteiger partial charge in [-0.05, 0) is 31.0 Å². The van der Waals surface area contributed by atoms with E-state index in [4.69, 9.17) is 15.6 Å². The van der Waals surface area contributed by atoms with Gasteiger partial charge in [0.2, 0.25) is 0 Å². The molecular formula is C13H20N2O3. The molecule has 1 aromatic carbocycles. The summed E-state index contributed by atoms with van der Waals surface area (Å²) in [4.78, 5) is 12.6. The van der Waals surface area contributed by atoms with Gasteiger partial charge in [-0.15, -0.1) is 0 Å². The Hall–Kier alpha value is -1.75. The summed E-state index contributed by atoms with van der Waals surface area (Å²) in [5.74, 6) is -0.279. The lowest BCUT2D eigenvalue weighted by atomic mass is 10.1. The number of nitrogens with zero attached hydrogens (tertiary/aromatic N) is 1. The largest absolute Gasteiger partial charge is 0.495 e. The third-order valence-corrected chi connectivity index (χ3v) is 2.80. The number of ether oxygens (including phenoxy) is 1. The molecule has 0 radical (unpaired) electrons. The highest BCUT2D eigenvalue weighted by Crippen LogP contribution is 2.32. The first-order chi connectivity index (χ1) is 8.36. The van der Waals surface area contributed by atoms with Crippen LogP contribution in [0.15, 0.2) is 12.1 Å². The van der Waals surface area contributed by atoms with Gasteiger partial charge < -0.3 is 20.5 Å². The van der Waals surface area contributed by atoms with E-state index in [1.165, 1.54) is 0 Å². The van der Waals surface area contributed by atoms with Crippen molar-refractivity contribution in [2.45, 2.75) is 19.9 Å². The summed E-state index contributed by atoms with van der Waals surface area (Å²) in [6.07, 6.45) is 0. The van der Waals surface area contributed by atoms with Crippen molar-refractivity contribution in [1.29, 1.82) is 0 Å². The summed E-state index contributed by atoms with van der Waals surface area (Å²) in [5, 5.41) is 8.83. The van der Waals surface area contributed by atoms with Crippen LogP contribution < -0.4 is 15.4 Å². The highest BCUT2D eigenvalue weighted by Gasteiger charge is 2.18. The average Bonchev–Trinajstić information content (AvgIpc) is 2.27. The first-order valence-electron chi connectivity index (χ1n) is 5.71. The third-order valence-electron chi connectivity index (χ3n) is 2.80. The third kappa shape index (κ3) is 3.13. The predicted octanol–water partition coefficient (Wildman–Crippen LogP) is 1.16. The van der Waals surface area contributed by atoms with Gasteiger partial charge in [0, 0.05) is 13.6 Å². The summed E-state index contributed by atoms with van der Waals surface area (Å²) in [6.45, 7) is 4.19. The zero-order valence-electron chi connectivity index (χ0n) is 11.2. The normalized spacial score (nSPS) is 12.1. The highest BCUT2D eigenvalue weighted by atomic mass is 16.5. The number of aryl methyl sites for hydroxylation is 2. The number of nitrogens with two attached hydrogens (primary N) is 1. The number of hydrogen-bond donors (Lipinski definition) is 2. The van der Waals surface area contributed by atoms with Crippen molar-refractivity contribution in [1.82, 2.24) is 0 Å². The molecule has 0 amide bonds. The number of likely N-dealkylation sites (N-methyl/N-ethyl adjacent to an activating group) is 1. The first kappa shape index (κ1) is 14.3. The lowest BCUT2D eigenvalue weighted by Crippen LogP contribution is -2.41. The second-order valence-electron chi connectivity index (χ2n) is 4.46. The molecule has 0 aromatic heterocycles. The molecule has 0 spiro atoms. The summed E-state index contributed by atoms with van der Waals surface area (Å²) >= 11 is 0. The van der Waals surface area contributed by atoms with Crippen LogP contribution in [-0.4, -0.2) is 37.8 Å². The Labute approximate surface area is 107 Å². The van der Waals surface area contributed by atoms with Crippen LogP contribution in [0.5, 0.6) is 5.75 Å². The SMILES string of the molecule is COc1cc(C)cc(C)c1N(C)CC(N)C(=O)O. The Bertz CT molecular complexity index is 446. The van der Waals surface area contributed by atoms with E-state index in [1.807, 2.05) is 37.9 Å². The minimum atomic E-state index is -1.01. The molecule has 1 aromatic rings. The minimum Gasteiger partial charge on any atom is -0.495 e. The van der Waals surface area contributed by atoms with Crippen molar-refractivity contribution in [2.24, 2.45) is 5.73 Å². The van der Waals surface area contributed by atoms with Crippen LogP contribution >= 0.6 is 0 Å². The van der Waals surface area contributed by atoms with Crippen molar-refractivity contribution >= 4 is 11.7 Å². The van der Waals surface area contributed by atoms with E-state index in [9.17, 15) is 4.79 Å². The van der Waals surface area contributed by atoms with Crippen molar-refractivity contribution in [3.8, 4) is 5.75 Å². The fraction of sp³-hybridized carbons (Fsp3) is 0.462. The van der Waals surface area contributed by atoms with E-state index < -0.39 is 12.0 Å². The zero-order chi connectivity index (χ0) is 13.9. The van der Waals surface area contributed by atoms with Gasteiger partial charge in [0.15, 0.2) is 0 Å². The number of aliphatic carboxylic acids is 1. The standard InChI is InChI=1S/C13H20N2O3/c1-8-5-9(2)12(11(6-8)18-4)15(3)7-10(14)13(16)17/h5-6,10H,7,14H2,1-4H3,(H,16,17). The number of carbonyl (C=O) groups is 1. The number of benzene rings is 1. The van der Waals surface area contributed by atoms with E-state index >= 15 is 0 Å². The summed E-state index contributed by atoms with van der Waals surface area (Å²) in [6, 6.07) is 3.03. The maximum absolute atomic E-state index is 10.8. The molecule has 5 heteroatoms. The molecule has 3 N–H and O–H groups in total. The molecule has 1 unspecified atom stereocenters. The Morgan fingerprint density at radius 2 is 2.11 bits per heavy atom. The van der Waals surface area contributed by atoms with Crippen molar-refractivity contribution in [2.75, 3.05) is 25.6 Å². The Balaban J connectivity index is 3.04. The van der Waals surface area contributed by atoms with Gasteiger partial charge in [-0.1, -0.05) is 6.07 Å². The van der Waals surface area contributed by atoms with Crippen molar-refractivity contribution in [3.05, 3.63) is 23.3 Å². The van der Waals surface area contributed by atoms with Gasteiger partial charge in [0.1, 0.15) is 11.8 Å². The summed E-state index contributed by atoms with van der Waals surface area (Å²) in [5.41, 5.74) is 8.55. The summed E-state index contributed by atoms with van der Waals surface area (Å²) < 4.78 is 5.34. The number of methoxy groups -OCH3 is 1. The van der Waals surface area contributed by atoms with Crippen molar-refractivity contribution < 1.29 is 14.6 Å². The molecule has 0 aliphatic rings. The van der Waals surface area contributed by atoms with E-state index in [0.717, 1.165) is 22.6 Å². The molecule has 0 saturated heterocycles. The summed E-state index contributed by atoms with van der Waals surface area (Å²) in [7, 11) is 3.41. The zero-order valence-corrected chi connectivity index (χ0v) is 11.2. The van der Waals surface area contributed by atoms with Crippen LogP contribution in [0.2, 0.25) is 0 Å². The smallest absolute Gasteiger partial charge is 0.322 e. The molecule has 0 aliphatic heterocycles. The quantitative estimate of drug-likeness (QED) is 0.822. The number of hydrogen-bond acceptors (Lipinski definition) is 4. The number of carboxylic acids is 1. The molecule has 100 valence electrons. The maximum atomic E-state index is 10.8. The van der Waals surface area contributed by atoms with Gasteiger partial charge in [0.05, 0.1) is 12.8 Å². The average molecular weight is 252 g/mol. The van der Waals surface area contributed by atoms with Gasteiger partial charge in [-0.3, -0.25) is 4.79 Å². The maximum Gasteiger partial charge on any atom is 0.322 e. The van der Waals surface area contributed by atoms with Gasteiger partial charge in [-0.2, -0.15) is 0 Å². The van der Waals surface area contributed by atoms with Gasteiger partial charge in [0.25, 0.3) is 0 Å². The van der Waals surface area contributed by atoms with Crippen LogP contribution in [0, 0.1) is 13.8 Å². The number of carboxylic acid groups (broad SMARTS) is 1. The monoisotopic (exact) mass is 252 g/mol. The van der Waals surface area contributed by atoms with Gasteiger partial charge in [-0.25, -0.2) is 0 Å². The Morgan fingerprint density at radius 1 is 1.50 bits per heavy atom.